The molecule has 0 aromatic heterocycles. The number of likely N-dealkylation sites (tertiary alicyclic amines) is 1. The van der Waals surface area contributed by atoms with Gasteiger partial charge in [0.15, 0.2) is 0 Å². The number of aliphatic hydroxyl groups excluding tert-OH is 2. The standard InChI is InChI=1S/C25H33NO2/c1-3-8-20-11-7-12-21-15-23(28)25(24(20)21)26-17(2)13-18(16-27)14-22(26)19-9-5-4-6-10-19/h4-7,9-12,17-18,22-23,25,27-28H,3,8,13-16H2,1-2H3/t17-,18+,22+,23-,25-/m1/s1. The Labute approximate surface area is 169 Å². The molecule has 28 heavy (non-hydrogen) atoms. The van der Waals surface area contributed by atoms with Gasteiger partial charge < -0.3 is 10.2 Å². The van der Waals surface area contributed by atoms with Crippen LogP contribution >= 0.6 is 0 Å². The Balaban J connectivity index is 1.78. The van der Waals surface area contributed by atoms with Crippen LogP contribution in [-0.2, 0) is 12.8 Å². The normalized spacial score (nSPS) is 30.4. The Morgan fingerprint density at radius 1 is 1.04 bits per heavy atom. The van der Waals surface area contributed by atoms with E-state index >= 15 is 0 Å². The van der Waals surface area contributed by atoms with Gasteiger partial charge in [-0.1, -0.05) is 61.9 Å². The van der Waals surface area contributed by atoms with Gasteiger partial charge in [-0.15, -0.1) is 0 Å². The average molecular weight is 380 g/mol. The molecule has 1 heterocycles. The molecule has 0 spiro atoms. The minimum absolute atomic E-state index is 0.0394. The van der Waals surface area contributed by atoms with Crippen molar-refractivity contribution in [3.8, 4) is 0 Å². The highest BCUT2D eigenvalue weighted by molar-refractivity contribution is 5.43. The summed E-state index contributed by atoms with van der Waals surface area (Å²) < 4.78 is 0. The van der Waals surface area contributed by atoms with Crippen LogP contribution < -0.4 is 0 Å². The lowest BCUT2D eigenvalue weighted by Crippen LogP contribution is -2.48. The summed E-state index contributed by atoms with van der Waals surface area (Å²) in [7, 11) is 0. The minimum Gasteiger partial charge on any atom is -0.396 e. The molecule has 1 saturated heterocycles. The van der Waals surface area contributed by atoms with Crippen molar-refractivity contribution in [3.63, 3.8) is 0 Å². The van der Waals surface area contributed by atoms with Gasteiger partial charge in [0.05, 0.1) is 12.1 Å². The van der Waals surface area contributed by atoms with Gasteiger partial charge in [-0.2, -0.15) is 0 Å². The molecule has 3 heteroatoms. The van der Waals surface area contributed by atoms with E-state index in [0.717, 1.165) is 32.1 Å². The van der Waals surface area contributed by atoms with Crippen molar-refractivity contribution in [2.24, 2.45) is 5.92 Å². The Kier molecular flexibility index (Phi) is 5.86. The summed E-state index contributed by atoms with van der Waals surface area (Å²) in [5.41, 5.74) is 5.37. The quantitative estimate of drug-likeness (QED) is 0.808. The predicted octanol–water partition coefficient (Wildman–Crippen LogP) is 4.43. The van der Waals surface area contributed by atoms with E-state index in [1.807, 2.05) is 0 Å². The van der Waals surface area contributed by atoms with Crippen LogP contribution in [0.5, 0.6) is 0 Å². The van der Waals surface area contributed by atoms with Gasteiger partial charge in [-0.25, -0.2) is 0 Å². The summed E-state index contributed by atoms with van der Waals surface area (Å²) in [6.45, 7) is 4.74. The molecule has 1 aliphatic carbocycles. The second kappa shape index (κ2) is 8.36. The second-order valence-electron chi connectivity index (χ2n) is 8.70. The van der Waals surface area contributed by atoms with Crippen LogP contribution in [0, 0.1) is 5.92 Å². The Morgan fingerprint density at radius 3 is 2.54 bits per heavy atom. The lowest BCUT2D eigenvalue weighted by atomic mass is 9.81. The van der Waals surface area contributed by atoms with E-state index in [4.69, 9.17) is 0 Å². The van der Waals surface area contributed by atoms with Crippen LogP contribution in [-0.4, -0.2) is 33.9 Å². The topological polar surface area (TPSA) is 43.7 Å². The van der Waals surface area contributed by atoms with Crippen LogP contribution in [0.2, 0.25) is 0 Å². The largest absolute Gasteiger partial charge is 0.396 e. The molecule has 5 atom stereocenters. The van der Waals surface area contributed by atoms with Crippen molar-refractivity contribution in [2.45, 2.75) is 70.2 Å². The summed E-state index contributed by atoms with van der Waals surface area (Å²) in [6, 6.07) is 17.8. The number of hydrogen-bond donors (Lipinski definition) is 2. The van der Waals surface area contributed by atoms with E-state index in [9.17, 15) is 10.2 Å². The molecule has 2 aromatic carbocycles. The molecule has 0 amide bonds. The smallest absolute Gasteiger partial charge is 0.0777 e. The Morgan fingerprint density at radius 2 is 1.82 bits per heavy atom. The average Bonchev–Trinajstić information content (AvgIpc) is 3.04. The van der Waals surface area contributed by atoms with E-state index in [-0.39, 0.29) is 24.8 Å². The van der Waals surface area contributed by atoms with Gasteiger partial charge in [0.25, 0.3) is 0 Å². The van der Waals surface area contributed by atoms with Crippen molar-refractivity contribution in [3.05, 3.63) is 70.8 Å². The molecule has 150 valence electrons. The number of hydrogen-bond acceptors (Lipinski definition) is 3. The zero-order valence-corrected chi connectivity index (χ0v) is 17.1. The first-order valence-corrected chi connectivity index (χ1v) is 10.9. The first-order valence-electron chi connectivity index (χ1n) is 10.9. The third-order valence-corrected chi connectivity index (χ3v) is 6.76. The maximum atomic E-state index is 11.2. The predicted molar refractivity (Wildman–Crippen MR) is 113 cm³/mol. The summed E-state index contributed by atoms with van der Waals surface area (Å²) >= 11 is 0. The molecule has 1 aliphatic heterocycles. The van der Waals surface area contributed by atoms with E-state index < -0.39 is 0 Å². The van der Waals surface area contributed by atoms with Crippen LogP contribution in [0.1, 0.15) is 67.4 Å². The van der Waals surface area contributed by atoms with Crippen molar-refractivity contribution in [1.82, 2.24) is 4.90 Å². The molecule has 2 aliphatic rings. The number of benzene rings is 2. The van der Waals surface area contributed by atoms with E-state index in [1.165, 1.54) is 22.3 Å². The first-order chi connectivity index (χ1) is 13.6. The maximum Gasteiger partial charge on any atom is 0.0777 e. The van der Waals surface area contributed by atoms with Gasteiger partial charge in [0.2, 0.25) is 0 Å². The van der Waals surface area contributed by atoms with Crippen molar-refractivity contribution < 1.29 is 10.2 Å². The number of aryl methyl sites for hydroxylation is 1. The summed E-state index contributed by atoms with van der Waals surface area (Å²) in [5.74, 6) is 0.320. The fourth-order valence-electron chi connectivity index (χ4n) is 5.63. The first kappa shape index (κ1) is 19.6. The molecular weight excluding hydrogens is 346 g/mol. The fourth-order valence-corrected chi connectivity index (χ4v) is 5.63. The number of rotatable bonds is 5. The molecule has 0 radical (unpaired) electrons. The highest BCUT2D eigenvalue weighted by Gasteiger charge is 2.45. The van der Waals surface area contributed by atoms with E-state index in [2.05, 4.69) is 67.3 Å². The molecule has 3 nitrogen and oxygen atoms in total. The molecule has 0 unspecified atom stereocenters. The maximum absolute atomic E-state index is 11.2. The van der Waals surface area contributed by atoms with Crippen LogP contribution in [0.3, 0.4) is 0 Å². The molecule has 0 saturated carbocycles. The Bertz CT molecular complexity index is 790. The van der Waals surface area contributed by atoms with Crippen LogP contribution in [0.4, 0.5) is 0 Å². The highest BCUT2D eigenvalue weighted by Crippen LogP contribution is 2.48. The van der Waals surface area contributed by atoms with Crippen molar-refractivity contribution in [1.29, 1.82) is 0 Å². The summed E-state index contributed by atoms with van der Waals surface area (Å²) in [4.78, 5) is 2.57. The molecule has 2 aromatic rings. The molecular formula is C25H33NO2. The van der Waals surface area contributed by atoms with Gasteiger partial charge in [-0.05, 0) is 54.4 Å². The zero-order valence-electron chi connectivity index (χ0n) is 17.1. The Hall–Kier alpha value is -1.68. The third-order valence-electron chi connectivity index (χ3n) is 6.76. The summed E-state index contributed by atoms with van der Waals surface area (Å²) in [5, 5.41) is 21.1. The van der Waals surface area contributed by atoms with Crippen LogP contribution in [0.25, 0.3) is 0 Å². The number of fused-ring (bicyclic) bond motifs is 1. The second-order valence-corrected chi connectivity index (χ2v) is 8.70. The SMILES string of the molecule is CCCc1cccc2c1[C@H](N1[C@H](C)C[C@H](CO)C[C@H]1c1ccccc1)[C@H](O)C2. The van der Waals surface area contributed by atoms with Gasteiger partial charge in [0, 0.05) is 25.1 Å². The lowest BCUT2D eigenvalue weighted by molar-refractivity contribution is -0.0374. The number of aliphatic hydroxyl groups is 2. The molecule has 4 rings (SSSR count). The van der Waals surface area contributed by atoms with Gasteiger partial charge >= 0.3 is 0 Å². The van der Waals surface area contributed by atoms with Crippen molar-refractivity contribution in [2.75, 3.05) is 6.61 Å². The van der Waals surface area contributed by atoms with Gasteiger partial charge in [-0.3, -0.25) is 4.90 Å². The van der Waals surface area contributed by atoms with Crippen LogP contribution in [0.15, 0.2) is 48.5 Å². The van der Waals surface area contributed by atoms with Gasteiger partial charge in [0.1, 0.15) is 0 Å². The fraction of sp³-hybridized carbons (Fsp3) is 0.520. The monoisotopic (exact) mass is 379 g/mol. The lowest BCUT2D eigenvalue weighted by Gasteiger charge is -2.48. The zero-order chi connectivity index (χ0) is 19.7. The van der Waals surface area contributed by atoms with E-state index in [0.29, 0.717) is 12.0 Å². The third kappa shape index (κ3) is 3.52. The molecule has 0 bridgehead atoms. The molecule has 1 fully saturated rings. The van der Waals surface area contributed by atoms with Crippen molar-refractivity contribution >= 4 is 0 Å². The van der Waals surface area contributed by atoms with E-state index in [1.54, 1.807) is 0 Å². The number of nitrogens with zero attached hydrogens (tertiary/aromatic N) is 1. The molecule has 2 N–H and O–H groups in total. The minimum atomic E-state index is -0.368. The highest BCUT2D eigenvalue weighted by atomic mass is 16.3. The number of piperidine rings is 1. The summed E-state index contributed by atoms with van der Waals surface area (Å²) in [6.07, 6.45) is 4.47.